The quantitative estimate of drug-likeness (QED) is 0.581. The maximum Gasteiger partial charge on any atom is 0.335 e. The van der Waals surface area contributed by atoms with Gasteiger partial charge in [-0.05, 0) is 24.3 Å². The number of ether oxygens (including phenoxy) is 4. The first kappa shape index (κ1) is 20.8. The molecule has 2 aromatic rings. The maximum atomic E-state index is 12.3. The SMILES string of the molecule is COc1cc(C(=O)O)cc(-c2cc(C(=O)NCN)cc(OC)c2OC)c1OC. The Morgan fingerprint density at radius 1 is 0.857 bits per heavy atom. The number of nitrogens with one attached hydrogen (secondary N) is 1. The first-order chi connectivity index (χ1) is 13.4. The number of carboxylic acids is 1. The zero-order valence-electron chi connectivity index (χ0n) is 16.0. The number of nitrogens with two attached hydrogens (primary N) is 1. The normalized spacial score (nSPS) is 10.2. The minimum Gasteiger partial charge on any atom is -0.493 e. The van der Waals surface area contributed by atoms with Crippen LogP contribution in [0.1, 0.15) is 20.7 Å². The van der Waals surface area contributed by atoms with E-state index in [4.69, 9.17) is 24.7 Å². The Morgan fingerprint density at radius 3 is 1.71 bits per heavy atom. The average molecular weight is 390 g/mol. The second kappa shape index (κ2) is 8.96. The Labute approximate surface area is 162 Å². The maximum absolute atomic E-state index is 12.3. The number of hydrogen-bond acceptors (Lipinski definition) is 7. The van der Waals surface area contributed by atoms with Gasteiger partial charge in [-0.3, -0.25) is 4.79 Å². The van der Waals surface area contributed by atoms with Crippen molar-refractivity contribution in [1.29, 1.82) is 0 Å². The van der Waals surface area contributed by atoms with Crippen LogP contribution in [0.2, 0.25) is 0 Å². The van der Waals surface area contributed by atoms with Crippen molar-refractivity contribution in [2.75, 3.05) is 35.1 Å². The van der Waals surface area contributed by atoms with E-state index in [1.54, 1.807) is 0 Å². The third kappa shape index (κ3) is 3.94. The molecule has 0 aliphatic carbocycles. The van der Waals surface area contributed by atoms with Gasteiger partial charge in [0.15, 0.2) is 23.0 Å². The van der Waals surface area contributed by atoms with Gasteiger partial charge in [-0.2, -0.15) is 0 Å². The molecule has 2 rings (SSSR count). The van der Waals surface area contributed by atoms with Crippen molar-refractivity contribution >= 4 is 11.9 Å². The summed E-state index contributed by atoms with van der Waals surface area (Å²) in [5.41, 5.74) is 6.37. The average Bonchev–Trinajstić information content (AvgIpc) is 2.71. The molecular weight excluding hydrogens is 368 g/mol. The molecule has 2 aromatic carbocycles. The Balaban J connectivity index is 2.88. The monoisotopic (exact) mass is 390 g/mol. The predicted molar refractivity (Wildman–Crippen MR) is 102 cm³/mol. The first-order valence-corrected chi connectivity index (χ1v) is 8.15. The zero-order chi connectivity index (χ0) is 20.8. The Morgan fingerprint density at radius 2 is 1.32 bits per heavy atom. The molecule has 0 spiro atoms. The standard InChI is InChI=1S/C19H22N2O7/c1-25-14-7-10(18(22)21-9-20)5-12(16(14)27-3)13-6-11(19(23)24)8-15(26-2)17(13)28-4/h5-8H,9,20H2,1-4H3,(H,21,22)(H,23,24). The summed E-state index contributed by atoms with van der Waals surface area (Å²) in [6.07, 6.45) is 0. The van der Waals surface area contributed by atoms with Crippen molar-refractivity contribution in [2.24, 2.45) is 5.73 Å². The fraction of sp³-hybridized carbons (Fsp3) is 0.263. The molecule has 150 valence electrons. The molecule has 0 radical (unpaired) electrons. The third-order valence-electron chi connectivity index (χ3n) is 4.02. The number of carbonyl (C=O) groups excluding carboxylic acids is 1. The zero-order valence-corrected chi connectivity index (χ0v) is 16.0. The van der Waals surface area contributed by atoms with Crippen LogP contribution in [-0.2, 0) is 0 Å². The van der Waals surface area contributed by atoms with E-state index in [1.807, 2.05) is 0 Å². The summed E-state index contributed by atoms with van der Waals surface area (Å²) < 4.78 is 21.5. The lowest BCUT2D eigenvalue weighted by molar-refractivity contribution is 0.0696. The lowest BCUT2D eigenvalue weighted by Crippen LogP contribution is -2.29. The highest BCUT2D eigenvalue weighted by Gasteiger charge is 2.23. The molecular formula is C19H22N2O7. The van der Waals surface area contributed by atoms with Gasteiger partial charge in [0.25, 0.3) is 5.91 Å². The molecule has 0 bridgehead atoms. The molecule has 0 aromatic heterocycles. The molecule has 0 saturated heterocycles. The summed E-state index contributed by atoms with van der Waals surface area (Å²) in [5, 5.41) is 12.0. The number of rotatable bonds is 8. The van der Waals surface area contributed by atoms with E-state index in [0.717, 1.165) is 0 Å². The van der Waals surface area contributed by atoms with Gasteiger partial charge in [-0.1, -0.05) is 0 Å². The molecule has 0 aliphatic heterocycles. The number of aromatic carboxylic acids is 1. The van der Waals surface area contributed by atoms with Gasteiger partial charge in [0.05, 0.1) is 40.7 Å². The van der Waals surface area contributed by atoms with E-state index in [9.17, 15) is 14.7 Å². The van der Waals surface area contributed by atoms with Gasteiger partial charge in [0.1, 0.15) is 0 Å². The van der Waals surface area contributed by atoms with E-state index >= 15 is 0 Å². The second-order valence-corrected chi connectivity index (χ2v) is 5.53. The van der Waals surface area contributed by atoms with Gasteiger partial charge in [-0.25, -0.2) is 4.79 Å². The largest absolute Gasteiger partial charge is 0.493 e. The molecule has 0 atom stereocenters. The molecule has 0 fully saturated rings. The van der Waals surface area contributed by atoms with Crippen LogP contribution in [0, 0.1) is 0 Å². The number of benzene rings is 2. The van der Waals surface area contributed by atoms with Gasteiger partial charge >= 0.3 is 5.97 Å². The van der Waals surface area contributed by atoms with Crippen LogP contribution in [0.3, 0.4) is 0 Å². The van der Waals surface area contributed by atoms with Crippen molar-refractivity contribution in [2.45, 2.75) is 0 Å². The summed E-state index contributed by atoms with van der Waals surface area (Å²) in [5.74, 6) is -0.492. The fourth-order valence-electron chi connectivity index (χ4n) is 2.78. The molecule has 0 heterocycles. The number of amides is 1. The van der Waals surface area contributed by atoms with E-state index in [1.165, 1.54) is 52.7 Å². The van der Waals surface area contributed by atoms with Crippen molar-refractivity contribution in [1.82, 2.24) is 5.32 Å². The van der Waals surface area contributed by atoms with Crippen LogP contribution in [0.25, 0.3) is 11.1 Å². The molecule has 0 aliphatic rings. The van der Waals surface area contributed by atoms with E-state index < -0.39 is 11.9 Å². The molecule has 0 saturated carbocycles. The van der Waals surface area contributed by atoms with E-state index in [0.29, 0.717) is 16.9 Å². The number of hydrogen-bond donors (Lipinski definition) is 3. The molecule has 9 nitrogen and oxygen atoms in total. The minimum absolute atomic E-state index is 0.0227. The Kier molecular flexibility index (Phi) is 6.67. The van der Waals surface area contributed by atoms with Gasteiger partial charge < -0.3 is 35.1 Å². The van der Waals surface area contributed by atoms with Gasteiger partial charge in [-0.15, -0.1) is 0 Å². The highest BCUT2D eigenvalue weighted by Crippen LogP contribution is 2.46. The molecule has 9 heteroatoms. The molecule has 4 N–H and O–H groups in total. The Hall–Kier alpha value is -3.46. The topological polar surface area (TPSA) is 129 Å². The minimum atomic E-state index is -1.15. The third-order valence-corrected chi connectivity index (χ3v) is 4.02. The van der Waals surface area contributed by atoms with E-state index in [2.05, 4.69) is 5.32 Å². The summed E-state index contributed by atoms with van der Waals surface area (Å²) in [6, 6.07) is 5.79. The van der Waals surface area contributed by atoms with Crippen molar-refractivity contribution in [3.8, 4) is 34.1 Å². The summed E-state index contributed by atoms with van der Waals surface area (Å²) in [7, 11) is 5.69. The highest BCUT2D eigenvalue weighted by atomic mass is 16.5. The van der Waals surface area contributed by atoms with Crippen LogP contribution >= 0.6 is 0 Å². The number of carbonyl (C=O) groups is 2. The molecule has 0 unspecified atom stereocenters. The summed E-state index contributed by atoms with van der Waals surface area (Å²) in [4.78, 5) is 23.9. The van der Waals surface area contributed by atoms with Crippen molar-refractivity contribution in [3.05, 3.63) is 35.4 Å². The number of methoxy groups -OCH3 is 4. The van der Waals surface area contributed by atoms with Crippen molar-refractivity contribution < 1.29 is 33.6 Å². The van der Waals surface area contributed by atoms with Crippen LogP contribution < -0.4 is 30.0 Å². The fourth-order valence-corrected chi connectivity index (χ4v) is 2.78. The first-order valence-electron chi connectivity index (χ1n) is 8.15. The highest BCUT2D eigenvalue weighted by molar-refractivity contribution is 5.98. The predicted octanol–water partition coefficient (Wildman–Crippen LogP) is 1.73. The molecule has 28 heavy (non-hydrogen) atoms. The lowest BCUT2D eigenvalue weighted by Gasteiger charge is -2.19. The second-order valence-electron chi connectivity index (χ2n) is 5.53. The molecule has 1 amide bonds. The number of carboxylic acid groups (broad SMARTS) is 1. The Bertz CT molecular complexity index is 896. The summed E-state index contributed by atoms with van der Waals surface area (Å²) >= 11 is 0. The van der Waals surface area contributed by atoms with Gasteiger partial charge in [0.2, 0.25) is 0 Å². The van der Waals surface area contributed by atoms with Crippen molar-refractivity contribution in [3.63, 3.8) is 0 Å². The smallest absolute Gasteiger partial charge is 0.335 e. The van der Waals surface area contributed by atoms with E-state index in [-0.39, 0.29) is 35.0 Å². The van der Waals surface area contributed by atoms with Crippen LogP contribution in [0.5, 0.6) is 23.0 Å². The lowest BCUT2D eigenvalue weighted by atomic mass is 9.97. The van der Waals surface area contributed by atoms with Crippen LogP contribution in [0.4, 0.5) is 0 Å². The summed E-state index contributed by atoms with van der Waals surface area (Å²) in [6.45, 7) is -0.0475. The van der Waals surface area contributed by atoms with Crippen LogP contribution in [-0.4, -0.2) is 52.1 Å². The van der Waals surface area contributed by atoms with Gasteiger partial charge in [0, 0.05) is 16.7 Å². The van der Waals surface area contributed by atoms with Crippen LogP contribution in [0.15, 0.2) is 24.3 Å².